The Morgan fingerprint density at radius 1 is 1.14 bits per heavy atom. The fourth-order valence-electron chi connectivity index (χ4n) is 4.18. The molecule has 0 aliphatic carbocycles. The van der Waals surface area contributed by atoms with Gasteiger partial charge in [0.1, 0.15) is 5.75 Å². The average molecular weight is 411 g/mol. The number of aromatic nitrogens is 2. The third-order valence-electron chi connectivity index (χ3n) is 5.74. The molecule has 2 aliphatic heterocycles. The normalized spacial score (nSPS) is 19.8. The summed E-state index contributed by atoms with van der Waals surface area (Å²) in [6.45, 7) is 1.29. The molecule has 1 aromatic heterocycles. The summed E-state index contributed by atoms with van der Waals surface area (Å²) in [5.41, 5.74) is 1.44. The van der Waals surface area contributed by atoms with Crippen molar-refractivity contribution in [3.05, 3.63) is 64.7 Å². The lowest BCUT2D eigenvalue weighted by atomic mass is 10.1. The number of hydrogen-bond donors (Lipinski definition) is 0. The molecule has 2 aromatic carbocycles. The Hall–Kier alpha value is -2.71. The monoisotopic (exact) mass is 411 g/mol. The second kappa shape index (κ2) is 6.96. The lowest BCUT2D eigenvalue weighted by Crippen LogP contribution is -2.42. The summed E-state index contributed by atoms with van der Waals surface area (Å²) in [6, 6.07) is 12.0. The Bertz CT molecular complexity index is 1250. The predicted octanol–water partition coefficient (Wildman–Crippen LogP) is 2.36. The van der Waals surface area contributed by atoms with E-state index in [0.29, 0.717) is 30.5 Å². The van der Waals surface area contributed by atoms with E-state index in [0.717, 1.165) is 24.2 Å². The Morgan fingerprint density at radius 2 is 2.00 bits per heavy atom. The lowest BCUT2D eigenvalue weighted by molar-refractivity contribution is 0.262. The minimum atomic E-state index is -3.64. The molecule has 0 spiro atoms. The van der Waals surface area contributed by atoms with Gasteiger partial charge in [-0.05, 0) is 48.7 Å². The van der Waals surface area contributed by atoms with Crippen LogP contribution in [0.2, 0.25) is 0 Å². The van der Waals surface area contributed by atoms with Crippen molar-refractivity contribution in [2.45, 2.75) is 30.2 Å². The van der Waals surface area contributed by atoms with Gasteiger partial charge >= 0.3 is 0 Å². The highest BCUT2D eigenvalue weighted by Crippen LogP contribution is 2.31. The van der Waals surface area contributed by atoms with E-state index >= 15 is 0 Å². The van der Waals surface area contributed by atoms with Crippen LogP contribution in [0.1, 0.15) is 24.4 Å². The first-order valence-corrected chi connectivity index (χ1v) is 11.2. The average Bonchev–Trinajstić information content (AvgIpc) is 3.22. The van der Waals surface area contributed by atoms with Gasteiger partial charge in [0.25, 0.3) is 5.56 Å². The fraction of sp³-hybridized carbons (Fsp3) is 0.333. The highest BCUT2D eigenvalue weighted by Gasteiger charge is 2.32. The molecule has 1 atom stereocenters. The second-order valence-electron chi connectivity index (χ2n) is 7.50. The molecule has 29 heavy (non-hydrogen) atoms. The predicted molar refractivity (Wildman–Crippen MR) is 109 cm³/mol. The van der Waals surface area contributed by atoms with Crippen molar-refractivity contribution in [1.29, 1.82) is 0 Å². The number of piperidine rings is 1. The van der Waals surface area contributed by atoms with Crippen molar-refractivity contribution in [3.63, 3.8) is 0 Å². The van der Waals surface area contributed by atoms with Crippen molar-refractivity contribution in [2.24, 2.45) is 0 Å². The van der Waals surface area contributed by atoms with Gasteiger partial charge in [0.05, 0.1) is 34.8 Å². The third kappa shape index (κ3) is 3.12. The number of sulfonamides is 1. The van der Waals surface area contributed by atoms with Gasteiger partial charge in [0.15, 0.2) is 0 Å². The van der Waals surface area contributed by atoms with Crippen LogP contribution >= 0.6 is 0 Å². The summed E-state index contributed by atoms with van der Waals surface area (Å²) in [4.78, 5) is 17.6. The number of hydrogen-bond acceptors (Lipinski definition) is 5. The molecule has 1 saturated heterocycles. The second-order valence-corrected chi connectivity index (χ2v) is 9.44. The number of para-hydroxylation sites is 1. The van der Waals surface area contributed by atoms with Gasteiger partial charge in [-0.1, -0.05) is 12.1 Å². The van der Waals surface area contributed by atoms with E-state index in [1.807, 2.05) is 12.1 Å². The highest BCUT2D eigenvalue weighted by molar-refractivity contribution is 7.89. The van der Waals surface area contributed by atoms with Crippen LogP contribution in [-0.2, 0) is 16.4 Å². The van der Waals surface area contributed by atoms with E-state index in [-0.39, 0.29) is 23.0 Å². The molecule has 7 nitrogen and oxygen atoms in total. The number of benzene rings is 2. The van der Waals surface area contributed by atoms with Crippen LogP contribution in [0, 0.1) is 0 Å². The SMILES string of the molecule is O=c1c2ccccc2ncn1C1CCCN(S(=O)(=O)c2ccc3c(c2)CCO3)C1. The van der Waals surface area contributed by atoms with E-state index in [1.54, 1.807) is 34.9 Å². The molecule has 0 saturated carbocycles. The number of fused-ring (bicyclic) bond motifs is 2. The van der Waals surface area contributed by atoms with E-state index < -0.39 is 10.0 Å². The van der Waals surface area contributed by atoms with Gasteiger partial charge in [0, 0.05) is 19.5 Å². The Labute approximate surface area is 168 Å². The van der Waals surface area contributed by atoms with Gasteiger partial charge in [0.2, 0.25) is 10.0 Å². The Morgan fingerprint density at radius 3 is 2.90 bits per heavy atom. The largest absolute Gasteiger partial charge is 0.493 e. The van der Waals surface area contributed by atoms with Gasteiger partial charge in [-0.15, -0.1) is 0 Å². The van der Waals surface area contributed by atoms with Crippen LogP contribution in [0.3, 0.4) is 0 Å². The maximum absolute atomic E-state index is 13.2. The van der Waals surface area contributed by atoms with Crippen LogP contribution in [0.5, 0.6) is 5.75 Å². The Kier molecular flexibility index (Phi) is 4.40. The molecule has 0 amide bonds. The molecule has 1 fully saturated rings. The van der Waals surface area contributed by atoms with Crippen LogP contribution in [-0.4, -0.2) is 42.0 Å². The van der Waals surface area contributed by atoms with Crippen molar-refractivity contribution in [1.82, 2.24) is 13.9 Å². The molecule has 0 radical (unpaired) electrons. The minimum Gasteiger partial charge on any atom is -0.493 e. The quantitative estimate of drug-likeness (QED) is 0.661. The molecule has 8 heteroatoms. The van der Waals surface area contributed by atoms with Gasteiger partial charge in [-0.3, -0.25) is 9.36 Å². The molecule has 150 valence electrons. The smallest absolute Gasteiger partial charge is 0.261 e. The molecule has 0 bridgehead atoms. The summed E-state index contributed by atoms with van der Waals surface area (Å²) in [7, 11) is -3.64. The molecule has 1 unspecified atom stereocenters. The minimum absolute atomic E-state index is 0.130. The van der Waals surface area contributed by atoms with Crippen molar-refractivity contribution in [3.8, 4) is 5.75 Å². The summed E-state index contributed by atoms with van der Waals surface area (Å²) in [5, 5.41) is 0.550. The summed E-state index contributed by atoms with van der Waals surface area (Å²) in [6.07, 6.45) is 3.69. The van der Waals surface area contributed by atoms with E-state index in [1.165, 1.54) is 10.6 Å². The zero-order chi connectivity index (χ0) is 20.0. The first kappa shape index (κ1) is 18.3. The van der Waals surface area contributed by atoms with Crippen LogP contribution in [0.25, 0.3) is 10.9 Å². The summed E-state index contributed by atoms with van der Waals surface area (Å²) in [5.74, 6) is 0.759. The van der Waals surface area contributed by atoms with Gasteiger partial charge < -0.3 is 4.74 Å². The zero-order valence-corrected chi connectivity index (χ0v) is 16.6. The molecule has 2 aliphatic rings. The summed E-state index contributed by atoms with van der Waals surface area (Å²) < 4.78 is 35.0. The van der Waals surface area contributed by atoms with Crippen molar-refractivity contribution >= 4 is 20.9 Å². The van der Waals surface area contributed by atoms with E-state index in [9.17, 15) is 13.2 Å². The van der Waals surface area contributed by atoms with Crippen molar-refractivity contribution < 1.29 is 13.2 Å². The van der Waals surface area contributed by atoms with Crippen LogP contribution in [0.15, 0.2) is 58.5 Å². The lowest BCUT2D eigenvalue weighted by Gasteiger charge is -2.32. The van der Waals surface area contributed by atoms with E-state index in [4.69, 9.17) is 4.74 Å². The molecule has 0 N–H and O–H groups in total. The standard InChI is InChI=1S/C21H21N3O4S/c25-21-18-5-1-2-6-19(18)22-14-24(21)16-4-3-10-23(13-16)29(26,27)17-7-8-20-15(12-17)9-11-28-20/h1-2,5-8,12,14,16H,3-4,9-11,13H2. The number of rotatable bonds is 3. The van der Waals surface area contributed by atoms with E-state index in [2.05, 4.69) is 4.98 Å². The highest BCUT2D eigenvalue weighted by atomic mass is 32.2. The molecule has 3 aromatic rings. The number of nitrogens with zero attached hydrogens (tertiary/aromatic N) is 3. The van der Waals surface area contributed by atoms with Gasteiger partial charge in [-0.2, -0.15) is 4.31 Å². The van der Waals surface area contributed by atoms with Crippen molar-refractivity contribution in [2.75, 3.05) is 19.7 Å². The topological polar surface area (TPSA) is 81.5 Å². The Balaban J connectivity index is 1.46. The maximum atomic E-state index is 13.2. The third-order valence-corrected chi connectivity index (χ3v) is 7.60. The van der Waals surface area contributed by atoms with Gasteiger partial charge in [-0.25, -0.2) is 13.4 Å². The molecular formula is C21H21N3O4S. The molecular weight excluding hydrogens is 390 g/mol. The first-order chi connectivity index (χ1) is 14.0. The summed E-state index contributed by atoms with van der Waals surface area (Å²) >= 11 is 0. The van der Waals surface area contributed by atoms with Crippen LogP contribution < -0.4 is 10.3 Å². The molecule has 3 heterocycles. The number of ether oxygens (including phenoxy) is 1. The first-order valence-electron chi connectivity index (χ1n) is 9.76. The van der Waals surface area contributed by atoms with Crippen LogP contribution in [0.4, 0.5) is 0 Å². The fourth-order valence-corrected chi connectivity index (χ4v) is 5.75. The zero-order valence-electron chi connectivity index (χ0n) is 15.8. The molecule has 5 rings (SSSR count). The maximum Gasteiger partial charge on any atom is 0.261 e.